The first-order chi connectivity index (χ1) is 14.5. The number of piperazine rings is 1. The molecule has 0 aromatic heterocycles. The first-order valence-electron chi connectivity index (χ1n) is 10.7. The van der Waals surface area contributed by atoms with Crippen LogP contribution in [-0.4, -0.2) is 56.0 Å². The lowest BCUT2D eigenvalue weighted by Gasteiger charge is -2.37. The second-order valence-electron chi connectivity index (χ2n) is 7.98. The number of rotatable bonds is 5. The van der Waals surface area contributed by atoms with E-state index < -0.39 is 0 Å². The topological polar surface area (TPSA) is 53.1 Å². The van der Waals surface area contributed by atoms with Crippen LogP contribution in [0.1, 0.15) is 18.9 Å². The maximum Gasteiger partial charge on any atom is 0.228 e. The van der Waals surface area contributed by atoms with Crippen LogP contribution in [0, 0.1) is 12.8 Å². The Balaban J connectivity index is 1.35. The van der Waals surface area contributed by atoms with Crippen LogP contribution >= 0.6 is 0 Å². The summed E-state index contributed by atoms with van der Waals surface area (Å²) >= 11 is 0. The summed E-state index contributed by atoms with van der Waals surface area (Å²) in [4.78, 5) is 31.6. The molecule has 30 heavy (non-hydrogen) atoms. The summed E-state index contributed by atoms with van der Waals surface area (Å²) in [5.74, 6) is 0.623. The Bertz CT molecular complexity index is 904. The van der Waals surface area contributed by atoms with Gasteiger partial charge in [-0.1, -0.05) is 12.1 Å². The van der Waals surface area contributed by atoms with Crippen molar-refractivity contribution >= 4 is 23.2 Å². The molecule has 0 unspecified atom stereocenters. The van der Waals surface area contributed by atoms with E-state index >= 15 is 0 Å². The van der Waals surface area contributed by atoms with Crippen LogP contribution in [0.3, 0.4) is 0 Å². The summed E-state index contributed by atoms with van der Waals surface area (Å²) in [5, 5.41) is 0. The van der Waals surface area contributed by atoms with Crippen LogP contribution in [0.4, 0.5) is 11.4 Å². The van der Waals surface area contributed by atoms with Gasteiger partial charge < -0.3 is 19.4 Å². The van der Waals surface area contributed by atoms with E-state index in [2.05, 4.69) is 36.1 Å². The van der Waals surface area contributed by atoms with Crippen LogP contribution < -0.4 is 14.5 Å². The zero-order valence-corrected chi connectivity index (χ0v) is 17.7. The van der Waals surface area contributed by atoms with Crippen molar-refractivity contribution in [2.24, 2.45) is 5.92 Å². The Kier molecular flexibility index (Phi) is 5.93. The minimum absolute atomic E-state index is 0.0101. The van der Waals surface area contributed by atoms with Crippen molar-refractivity contribution in [3.05, 3.63) is 54.1 Å². The van der Waals surface area contributed by atoms with E-state index in [4.69, 9.17) is 4.74 Å². The number of hydrogen-bond acceptors (Lipinski definition) is 4. The highest BCUT2D eigenvalue weighted by atomic mass is 16.5. The molecule has 6 nitrogen and oxygen atoms in total. The van der Waals surface area contributed by atoms with Crippen molar-refractivity contribution in [3.8, 4) is 5.75 Å². The van der Waals surface area contributed by atoms with Crippen molar-refractivity contribution in [1.29, 1.82) is 0 Å². The summed E-state index contributed by atoms with van der Waals surface area (Å²) in [6.07, 6.45) is 0.282. The van der Waals surface area contributed by atoms with Crippen LogP contribution in [0.25, 0.3) is 0 Å². The monoisotopic (exact) mass is 407 g/mol. The van der Waals surface area contributed by atoms with Gasteiger partial charge in [-0.3, -0.25) is 9.59 Å². The minimum Gasteiger partial charge on any atom is -0.494 e. The van der Waals surface area contributed by atoms with E-state index in [0.29, 0.717) is 26.2 Å². The van der Waals surface area contributed by atoms with Crippen molar-refractivity contribution in [1.82, 2.24) is 4.90 Å². The van der Waals surface area contributed by atoms with Gasteiger partial charge in [0.25, 0.3) is 0 Å². The molecule has 0 aliphatic carbocycles. The SMILES string of the molecule is CCOc1ccc(N2C[C@@H](C(=O)N3CCN(c4cccc(C)c4)CC3)CC2=O)cc1. The average Bonchev–Trinajstić information content (AvgIpc) is 3.16. The maximum atomic E-state index is 13.1. The smallest absolute Gasteiger partial charge is 0.228 e. The van der Waals surface area contributed by atoms with Gasteiger partial charge in [0.15, 0.2) is 0 Å². The highest BCUT2D eigenvalue weighted by Gasteiger charge is 2.38. The van der Waals surface area contributed by atoms with Gasteiger partial charge in [-0.15, -0.1) is 0 Å². The number of carbonyl (C=O) groups is 2. The molecule has 0 spiro atoms. The lowest BCUT2D eigenvalue weighted by atomic mass is 10.1. The fourth-order valence-corrected chi connectivity index (χ4v) is 4.28. The van der Waals surface area contributed by atoms with Gasteiger partial charge in [-0.2, -0.15) is 0 Å². The van der Waals surface area contributed by atoms with Crippen molar-refractivity contribution in [2.75, 3.05) is 49.1 Å². The minimum atomic E-state index is -0.269. The van der Waals surface area contributed by atoms with Crippen LogP contribution in [0.15, 0.2) is 48.5 Å². The molecule has 2 fully saturated rings. The molecular formula is C24H29N3O3. The predicted octanol–water partition coefficient (Wildman–Crippen LogP) is 3.10. The summed E-state index contributed by atoms with van der Waals surface area (Å²) in [5.41, 5.74) is 3.27. The number of ether oxygens (including phenoxy) is 1. The number of amides is 2. The van der Waals surface area contributed by atoms with Crippen molar-refractivity contribution in [3.63, 3.8) is 0 Å². The number of benzene rings is 2. The van der Waals surface area contributed by atoms with Gasteiger partial charge in [-0.25, -0.2) is 0 Å². The molecule has 6 heteroatoms. The van der Waals surface area contributed by atoms with Gasteiger partial charge in [0, 0.05) is 50.5 Å². The van der Waals surface area contributed by atoms with E-state index in [1.54, 1.807) is 4.90 Å². The first-order valence-corrected chi connectivity index (χ1v) is 10.7. The Hall–Kier alpha value is -3.02. The molecular weight excluding hydrogens is 378 g/mol. The summed E-state index contributed by atoms with van der Waals surface area (Å²) in [6, 6.07) is 16.0. The Morgan fingerprint density at radius 3 is 2.43 bits per heavy atom. The van der Waals surface area contributed by atoms with Crippen LogP contribution in [0.2, 0.25) is 0 Å². The average molecular weight is 408 g/mol. The standard InChI is InChI=1S/C24H29N3O3/c1-3-30-22-9-7-20(8-10-22)27-17-19(16-23(27)28)24(29)26-13-11-25(12-14-26)21-6-4-5-18(2)15-21/h4-10,15,19H,3,11-14,16-17H2,1-2H3/t19-/m0/s1. The second-order valence-corrected chi connectivity index (χ2v) is 7.98. The largest absolute Gasteiger partial charge is 0.494 e. The summed E-state index contributed by atoms with van der Waals surface area (Å²) in [7, 11) is 0. The van der Waals surface area contributed by atoms with E-state index in [-0.39, 0.29) is 24.2 Å². The number of nitrogens with zero attached hydrogens (tertiary/aromatic N) is 3. The highest BCUT2D eigenvalue weighted by molar-refractivity contribution is 6.00. The molecule has 4 rings (SSSR count). The third kappa shape index (κ3) is 4.27. The number of anilines is 2. The molecule has 2 aliphatic rings. The zero-order chi connectivity index (χ0) is 21.1. The van der Waals surface area contributed by atoms with E-state index in [9.17, 15) is 9.59 Å². The number of carbonyl (C=O) groups excluding carboxylic acids is 2. The zero-order valence-electron chi connectivity index (χ0n) is 17.7. The molecule has 158 valence electrons. The Morgan fingerprint density at radius 1 is 1.03 bits per heavy atom. The number of hydrogen-bond donors (Lipinski definition) is 0. The molecule has 2 saturated heterocycles. The van der Waals surface area contributed by atoms with Gasteiger partial charge in [0.2, 0.25) is 11.8 Å². The lowest BCUT2D eigenvalue weighted by Crippen LogP contribution is -2.50. The maximum absolute atomic E-state index is 13.1. The van der Waals surface area contributed by atoms with E-state index in [1.165, 1.54) is 11.3 Å². The molecule has 2 amide bonds. The molecule has 0 N–H and O–H groups in total. The lowest BCUT2D eigenvalue weighted by molar-refractivity contribution is -0.136. The summed E-state index contributed by atoms with van der Waals surface area (Å²) < 4.78 is 5.47. The van der Waals surface area contributed by atoms with Crippen LogP contribution in [0.5, 0.6) is 5.75 Å². The van der Waals surface area contributed by atoms with Gasteiger partial charge in [0.1, 0.15) is 5.75 Å². The molecule has 0 bridgehead atoms. The first kappa shape index (κ1) is 20.3. The molecule has 2 aromatic carbocycles. The Labute approximate surface area is 178 Å². The normalized spacial score (nSPS) is 19.3. The fourth-order valence-electron chi connectivity index (χ4n) is 4.28. The molecule has 1 atom stereocenters. The summed E-state index contributed by atoms with van der Waals surface area (Å²) in [6.45, 7) is 8.11. The molecule has 2 aliphatic heterocycles. The van der Waals surface area contributed by atoms with Crippen molar-refractivity contribution in [2.45, 2.75) is 20.3 Å². The molecule has 0 radical (unpaired) electrons. The van der Waals surface area contributed by atoms with E-state index in [0.717, 1.165) is 24.5 Å². The quantitative estimate of drug-likeness (QED) is 0.764. The van der Waals surface area contributed by atoms with Crippen molar-refractivity contribution < 1.29 is 14.3 Å². The number of aryl methyl sites for hydroxylation is 1. The Morgan fingerprint density at radius 2 is 1.77 bits per heavy atom. The molecule has 2 aromatic rings. The second kappa shape index (κ2) is 8.78. The van der Waals surface area contributed by atoms with Gasteiger partial charge in [0.05, 0.1) is 12.5 Å². The molecule has 0 saturated carbocycles. The van der Waals surface area contributed by atoms with Gasteiger partial charge in [-0.05, 0) is 55.8 Å². The molecule has 2 heterocycles. The van der Waals surface area contributed by atoms with Crippen LogP contribution in [-0.2, 0) is 9.59 Å². The predicted molar refractivity (Wildman–Crippen MR) is 118 cm³/mol. The highest BCUT2D eigenvalue weighted by Crippen LogP contribution is 2.28. The third-order valence-electron chi connectivity index (χ3n) is 5.89. The van der Waals surface area contributed by atoms with E-state index in [1.807, 2.05) is 36.1 Å². The third-order valence-corrected chi connectivity index (χ3v) is 5.89. The van der Waals surface area contributed by atoms with Gasteiger partial charge >= 0.3 is 0 Å². The fraction of sp³-hybridized carbons (Fsp3) is 0.417.